The van der Waals surface area contributed by atoms with Crippen molar-refractivity contribution in [3.8, 4) is 0 Å². The van der Waals surface area contributed by atoms with E-state index in [1.54, 1.807) is 12.5 Å². The van der Waals surface area contributed by atoms with Gasteiger partial charge in [0.25, 0.3) is 0 Å². The lowest BCUT2D eigenvalue weighted by atomic mass is 9.77. The highest BCUT2D eigenvalue weighted by molar-refractivity contribution is 5.85. The SMILES string of the molecule is Cl.Cl.O=C(Cc1cnc[nH]1)N[C@H]1C[C@H]2CNC[C@H]2C[C@@H]1OCC1CC1. The van der Waals surface area contributed by atoms with E-state index >= 15 is 0 Å². The summed E-state index contributed by atoms with van der Waals surface area (Å²) in [5, 5.41) is 6.72. The van der Waals surface area contributed by atoms with Crippen molar-refractivity contribution >= 4 is 30.7 Å². The first-order valence-electron chi connectivity index (χ1n) is 8.87. The molecule has 3 N–H and O–H groups in total. The first kappa shape index (κ1) is 20.5. The number of aromatic nitrogens is 2. The van der Waals surface area contributed by atoms with Crippen LogP contribution in [0.3, 0.4) is 0 Å². The number of aromatic amines is 1. The Morgan fingerprint density at radius 1 is 1.24 bits per heavy atom. The number of nitrogens with one attached hydrogen (secondary N) is 3. The third-order valence-corrected chi connectivity index (χ3v) is 5.52. The van der Waals surface area contributed by atoms with Crippen LogP contribution in [0.1, 0.15) is 31.4 Å². The van der Waals surface area contributed by atoms with E-state index in [1.807, 2.05) is 0 Å². The van der Waals surface area contributed by atoms with Crippen molar-refractivity contribution < 1.29 is 9.53 Å². The van der Waals surface area contributed by atoms with E-state index in [4.69, 9.17) is 4.74 Å². The zero-order valence-corrected chi connectivity index (χ0v) is 15.9. The minimum atomic E-state index is 0. The van der Waals surface area contributed by atoms with E-state index in [-0.39, 0.29) is 42.9 Å². The van der Waals surface area contributed by atoms with Crippen LogP contribution in [0.5, 0.6) is 0 Å². The molecule has 2 saturated carbocycles. The Morgan fingerprint density at radius 3 is 2.68 bits per heavy atom. The van der Waals surface area contributed by atoms with Gasteiger partial charge in [-0.2, -0.15) is 0 Å². The molecule has 0 spiro atoms. The molecule has 2 aliphatic carbocycles. The molecule has 6 nitrogen and oxygen atoms in total. The van der Waals surface area contributed by atoms with Crippen molar-refractivity contribution in [2.24, 2.45) is 17.8 Å². The number of carbonyl (C=O) groups excluding carboxylic acids is 1. The Bertz CT molecular complexity index is 539. The summed E-state index contributed by atoms with van der Waals surface area (Å²) in [4.78, 5) is 19.3. The third-order valence-electron chi connectivity index (χ3n) is 5.52. The van der Waals surface area contributed by atoms with Crippen molar-refractivity contribution in [2.45, 2.75) is 44.2 Å². The molecule has 3 aliphatic rings. The molecule has 25 heavy (non-hydrogen) atoms. The molecule has 3 fully saturated rings. The number of halogens is 2. The average molecular weight is 391 g/mol. The first-order chi connectivity index (χ1) is 11.3. The Balaban J connectivity index is 0.00000113. The predicted molar refractivity (Wildman–Crippen MR) is 100 cm³/mol. The monoisotopic (exact) mass is 390 g/mol. The number of H-pyrrole nitrogens is 1. The summed E-state index contributed by atoms with van der Waals surface area (Å²) < 4.78 is 6.20. The van der Waals surface area contributed by atoms with Gasteiger partial charge in [0.2, 0.25) is 5.91 Å². The Hall–Kier alpha value is -0.820. The zero-order chi connectivity index (χ0) is 15.6. The number of rotatable bonds is 6. The number of imidazole rings is 1. The van der Waals surface area contributed by atoms with Crippen molar-refractivity contribution in [3.05, 3.63) is 18.2 Å². The fourth-order valence-corrected chi connectivity index (χ4v) is 3.97. The fourth-order valence-electron chi connectivity index (χ4n) is 3.97. The van der Waals surface area contributed by atoms with E-state index < -0.39 is 0 Å². The van der Waals surface area contributed by atoms with Gasteiger partial charge in [0.1, 0.15) is 0 Å². The lowest BCUT2D eigenvalue weighted by Crippen LogP contribution is -2.51. The Kier molecular flexibility index (Phi) is 7.55. The van der Waals surface area contributed by atoms with Gasteiger partial charge in [0.05, 0.1) is 24.9 Å². The second-order valence-electron chi connectivity index (χ2n) is 7.39. The summed E-state index contributed by atoms with van der Waals surface area (Å²) >= 11 is 0. The number of ether oxygens (including phenoxy) is 1. The van der Waals surface area contributed by atoms with Crippen molar-refractivity contribution in [1.82, 2.24) is 20.6 Å². The van der Waals surface area contributed by atoms with Crippen LogP contribution < -0.4 is 10.6 Å². The standard InChI is InChI=1S/C17H26N4O2.2ClH/c22-17(5-14-8-19-10-20-14)21-15-3-12-6-18-7-13(12)4-16(15)23-9-11-1-2-11;;/h8,10-13,15-16,18H,1-7,9H2,(H,19,20)(H,21,22);2*1H/t12-,13+,15-,16-;;/m0../s1. The van der Waals surface area contributed by atoms with Crippen LogP contribution in [0, 0.1) is 17.8 Å². The Labute approximate surface area is 161 Å². The van der Waals surface area contributed by atoms with E-state index in [2.05, 4.69) is 20.6 Å². The molecule has 1 amide bonds. The molecule has 0 radical (unpaired) electrons. The molecule has 0 aromatic carbocycles. The second-order valence-corrected chi connectivity index (χ2v) is 7.39. The van der Waals surface area contributed by atoms with E-state index in [0.717, 1.165) is 44.1 Å². The van der Waals surface area contributed by atoms with E-state index in [9.17, 15) is 4.79 Å². The fraction of sp³-hybridized carbons (Fsp3) is 0.765. The molecule has 142 valence electrons. The van der Waals surface area contributed by atoms with Gasteiger partial charge in [0.15, 0.2) is 0 Å². The Morgan fingerprint density at radius 2 is 2.00 bits per heavy atom. The van der Waals surface area contributed by atoms with Gasteiger partial charge in [-0.1, -0.05) is 0 Å². The van der Waals surface area contributed by atoms with E-state index in [1.165, 1.54) is 12.8 Å². The number of hydrogen-bond donors (Lipinski definition) is 3. The molecule has 0 unspecified atom stereocenters. The largest absolute Gasteiger partial charge is 0.376 e. The van der Waals surface area contributed by atoms with Gasteiger partial charge < -0.3 is 20.4 Å². The van der Waals surface area contributed by atoms with Gasteiger partial charge in [-0.25, -0.2) is 4.98 Å². The van der Waals surface area contributed by atoms with Gasteiger partial charge in [0, 0.05) is 18.5 Å². The average Bonchev–Trinajstić information content (AvgIpc) is 3.02. The molecule has 2 heterocycles. The molecule has 1 aliphatic heterocycles. The number of hydrogen-bond acceptors (Lipinski definition) is 4. The van der Waals surface area contributed by atoms with Gasteiger partial charge in [-0.05, 0) is 56.5 Å². The highest BCUT2D eigenvalue weighted by Gasteiger charge is 2.41. The predicted octanol–water partition coefficient (Wildman–Crippen LogP) is 1.71. The van der Waals surface area contributed by atoms with Crippen molar-refractivity contribution in [2.75, 3.05) is 19.7 Å². The molecule has 1 aromatic heterocycles. The maximum Gasteiger partial charge on any atom is 0.226 e. The summed E-state index contributed by atoms with van der Waals surface area (Å²) in [6.07, 6.45) is 8.55. The molecule has 8 heteroatoms. The smallest absolute Gasteiger partial charge is 0.226 e. The summed E-state index contributed by atoms with van der Waals surface area (Å²) in [6.45, 7) is 3.04. The highest BCUT2D eigenvalue weighted by atomic mass is 35.5. The molecule has 0 bridgehead atoms. The van der Waals surface area contributed by atoms with Crippen LogP contribution in [-0.2, 0) is 16.0 Å². The summed E-state index contributed by atoms with van der Waals surface area (Å²) in [5.74, 6) is 2.20. The number of fused-ring (bicyclic) bond motifs is 1. The molecular formula is C17H28Cl2N4O2. The van der Waals surface area contributed by atoms with Gasteiger partial charge in [-0.3, -0.25) is 4.79 Å². The van der Waals surface area contributed by atoms with Crippen LogP contribution in [0.25, 0.3) is 0 Å². The lowest BCUT2D eigenvalue weighted by molar-refractivity contribution is -0.123. The molecular weight excluding hydrogens is 363 g/mol. The van der Waals surface area contributed by atoms with Crippen LogP contribution in [0.2, 0.25) is 0 Å². The molecule has 4 atom stereocenters. The summed E-state index contributed by atoms with van der Waals surface area (Å²) in [6, 6.07) is 0.144. The number of amides is 1. The minimum Gasteiger partial charge on any atom is -0.376 e. The number of nitrogens with zero attached hydrogens (tertiary/aromatic N) is 1. The number of carbonyl (C=O) groups is 1. The maximum absolute atomic E-state index is 12.3. The maximum atomic E-state index is 12.3. The first-order valence-corrected chi connectivity index (χ1v) is 8.87. The van der Waals surface area contributed by atoms with Crippen LogP contribution in [0.4, 0.5) is 0 Å². The van der Waals surface area contributed by atoms with Gasteiger partial charge in [-0.15, -0.1) is 24.8 Å². The summed E-state index contributed by atoms with van der Waals surface area (Å²) in [7, 11) is 0. The van der Waals surface area contributed by atoms with Crippen molar-refractivity contribution in [1.29, 1.82) is 0 Å². The topological polar surface area (TPSA) is 79.0 Å². The van der Waals surface area contributed by atoms with Crippen LogP contribution in [0.15, 0.2) is 12.5 Å². The van der Waals surface area contributed by atoms with Crippen molar-refractivity contribution in [3.63, 3.8) is 0 Å². The summed E-state index contributed by atoms with van der Waals surface area (Å²) in [5.41, 5.74) is 0.856. The minimum absolute atomic E-state index is 0. The molecule has 1 saturated heterocycles. The quantitative estimate of drug-likeness (QED) is 0.690. The third kappa shape index (κ3) is 5.33. The molecule has 4 rings (SSSR count). The highest BCUT2D eigenvalue weighted by Crippen LogP contribution is 2.36. The van der Waals surface area contributed by atoms with Gasteiger partial charge >= 0.3 is 0 Å². The normalized spacial score (nSPS) is 30.7. The lowest BCUT2D eigenvalue weighted by Gasteiger charge is -2.38. The van der Waals surface area contributed by atoms with E-state index in [0.29, 0.717) is 18.3 Å². The van der Waals surface area contributed by atoms with Crippen LogP contribution in [-0.4, -0.2) is 47.7 Å². The molecule has 1 aromatic rings. The second kappa shape index (κ2) is 9.21. The van der Waals surface area contributed by atoms with Crippen LogP contribution >= 0.6 is 24.8 Å². The zero-order valence-electron chi connectivity index (χ0n) is 14.3.